The summed E-state index contributed by atoms with van der Waals surface area (Å²) in [5.41, 5.74) is 10.4. The average molecular weight is 522 g/mol. The van der Waals surface area contributed by atoms with Gasteiger partial charge in [0.25, 0.3) is 0 Å². The lowest BCUT2D eigenvalue weighted by atomic mass is 9.90. The highest BCUT2D eigenvalue weighted by Gasteiger charge is 2.21. The van der Waals surface area contributed by atoms with Crippen LogP contribution in [0.2, 0.25) is 0 Å². The molecule has 0 aliphatic carbocycles. The van der Waals surface area contributed by atoms with Gasteiger partial charge in [-0.1, -0.05) is 97.1 Å². The Labute approximate surface area is 238 Å². The Morgan fingerprint density at radius 3 is 1.29 bits per heavy atom. The van der Waals surface area contributed by atoms with E-state index < -0.39 is 0 Å². The zero-order valence-electron chi connectivity index (χ0n) is 22.1. The Kier molecular flexibility index (Phi) is 5.90. The van der Waals surface area contributed by atoms with Gasteiger partial charge in [0, 0.05) is 21.9 Å². The number of hydrogen-bond acceptors (Lipinski definition) is 2. The largest absolute Gasteiger partial charge is 0.308 e. The van der Waals surface area contributed by atoms with E-state index in [-0.39, 0.29) is 0 Å². The molecule has 0 bridgehead atoms. The number of aromatic nitrogens is 1. The zero-order chi connectivity index (χ0) is 27.8. The van der Waals surface area contributed by atoms with Crippen LogP contribution in [-0.2, 0) is 0 Å². The van der Waals surface area contributed by atoms with Gasteiger partial charge >= 0.3 is 0 Å². The molecule has 41 heavy (non-hydrogen) atoms. The van der Waals surface area contributed by atoms with Crippen molar-refractivity contribution in [1.82, 2.24) is 4.57 Å². The molecule has 0 saturated heterocycles. The molecule has 0 unspecified atom stereocenters. The van der Waals surface area contributed by atoms with Crippen LogP contribution in [0.5, 0.6) is 0 Å². The quantitative estimate of drug-likeness (QED) is 0.232. The molecule has 190 valence electrons. The molecule has 0 fully saturated rings. The van der Waals surface area contributed by atoms with E-state index in [4.69, 9.17) is 0 Å². The summed E-state index contributed by atoms with van der Waals surface area (Å²) in [5.74, 6) is 0. The molecular formula is C38H23N3. The van der Waals surface area contributed by atoms with Gasteiger partial charge in [-0.2, -0.15) is 10.5 Å². The van der Waals surface area contributed by atoms with Gasteiger partial charge in [-0.05, 0) is 64.7 Å². The second-order valence-corrected chi connectivity index (χ2v) is 10.0. The van der Waals surface area contributed by atoms with Gasteiger partial charge in [-0.3, -0.25) is 0 Å². The van der Waals surface area contributed by atoms with Crippen LogP contribution in [-0.4, -0.2) is 4.57 Å². The molecule has 0 aliphatic heterocycles. The molecule has 0 N–H and O–H groups in total. The van der Waals surface area contributed by atoms with Crippen molar-refractivity contribution in [3.8, 4) is 51.2 Å². The normalized spacial score (nSPS) is 10.9. The van der Waals surface area contributed by atoms with Crippen LogP contribution in [0.3, 0.4) is 0 Å². The van der Waals surface area contributed by atoms with Gasteiger partial charge in [0.05, 0.1) is 40.0 Å². The van der Waals surface area contributed by atoms with Crippen molar-refractivity contribution in [2.75, 3.05) is 0 Å². The van der Waals surface area contributed by atoms with E-state index in [1.807, 2.05) is 24.3 Å². The number of rotatable bonds is 4. The molecule has 3 nitrogen and oxygen atoms in total. The highest BCUT2D eigenvalue weighted by molar-refractivity contribution is 6.10. The predicted molar refractivity (Wildman–Crippen MR) is 167 cm³/mol. The third-order valence-electron chi connectivity index (χ3n) is 7.61. The van der Waals surface area contributed by atoms with Crippen LogP contribution in [0.4, 0.5) is 0 Å². The van der Waals surface area contributed by atoms with Gasteiger partial charge in [0.2, 0.25) is 0 Å². The average Bonchev–Trinajstić information content (AvgIpc) is 3.38. The predicted octanol–water partition coefficient (Wildman–Crippen LogP) is 9.53. The maximum Gasteiger partial charge on any atom is 0.0992 e. The van der Waals surface area contributed by atoms with Gasteiger partial charge in [-0.15, -0.1) is 0 Å². The first kappa shape index (κ1) is 24.2. The van der Waals surface area contributed by atoms with Crippen LogP contribution in [0.1, 0.15) is 11.1 Å². The van der Waals surface area contributed by atoms with E-state index in [0.29, 0.717) is 11.1 Å². The monoisotopic (exact) mass is 521 g/mol. The number of para-hydroxylation sites is 2. The molecular weight excluding hydrogens is 498 g/mol. The third-order valence-corrected chi connectivity index (χ3v) is 7.61. The minimum Gasteiger partial charge on any atom is -0.308 e. The molecule has 1 aromatic heterocycles. The maximum atomic E-state index is 9.70. The van der Waals surface area contributed by atoms with Crippen molar-refractivity contribution in [2.24, 2.45) is 0 Å². The highest BCUT2D eigenvalue weighted by atomic mass is 15.0. The standard InChI is InChI=1S/C38H23N3/c39-24-26-19-27(25-40)21-30(20-26)31-22-34(28-11-3-1-4-12-28)38(35(23-31)29-13-5-2-6-14-29)41-36-17-9-7-15-32(36)33-16-8-10-18-37(33)41/h1-23H. The van der Waals surface area contributed by atoms with E-state index in [1.54, 1.807) is 6.07 Å². The summed E-state index contributed by atoms with van der Waals surface area (Å²) in [7, 11) is 0. The van der Waals surface area contributed by atoms with Crippen molar-refractivity contribution in [1.29, 1.82) is 10.5 Å². The van der Waals surface area contributed by atoms with Crippen molar-refractivity contribution in [3.05, 3.63) is 151 Å². The molecule has 0 atom stereocenters. The minimum atomic E-state index is 0.466. The van der Waals surface area contributed by atoms with E-state index in [2.05, 4.69) is 126 Å². The van der Waals surface area contributed by atoms with E-state index >= 15 is 0 Å². The molecule has 3 heteroatoms. The van der Waals surface area contributed by atoms with Crippen LogP contribution in [0.15, 0.2) is 140 Å². The number of hydrogen-bond donors (Lipinski definition) is 0. The molecule has 1 heterocycles. The summed E-state index contributed by atoms with van der Waals surface area (Å²) in [5, 5.41) is 21.8. The lowest BCUT2D eigenvalue weighted by Gasteiger charge is -2.21. The Hall–Kier alpha value is -5.90. The van der Waals surface area contributed by atoms with Crippen LogP contribution < -0.4 is 0 Å². The highest BCUT2D eigenvalue weighted by Crippen LogP contribution is 2.43. The minimum absolute atomic E-state index is 0.466. The van der Waals surface area contributed by atoms with Crippen LogP contribution in [0, 0.1) is 22.7 Å². The summed E-state index contributed by atoms with van der Waals surface area (Å²) in [6, 6.07) is 52.1. The topological polar surface area (TPSA) is 52.5 Å². The summed E-state index contributed by atoms with van der Waals surface area (Å²) in [4.78, 5) is 0. The number of fused-ring (bicyclic) bond motifs is 3. The summed E-state index contributed by atoms with van der Waals surface area (Å²) in [6.07, 6.45) is 0. The fraction of sp³-hybridized carbons (Fsp3) is 0. The van der Waals surface area contributed by atoms with E-state index in [9.17, 15) is 10.5 Å². The molecule has 6 aromatic carbocycles. The molecule has 7 rings (SSSR count). The lowest BCUT2D eigenvalue weighted by molar-refractivity contribution is 1.18. The van der Waals surface area contributed by atoms with Crippen molar-refractivity contribution < 1.29 is 0 Å². The van der Waals surface area contributed by atoms with Gasteiger partial charge in [0.1, 0.15) is 0 Å². The SMILES string of the molecule is N#Cc1cc(C#N)cc(-c2cc(-c3ccccc3)c(-n3c4ccccc4c4ccccc43)c(-c3ccccc3)c2)c1. The fourth-order valence-electron chi connectivity index (χ4n) is 5.80. The Balaban J connectivity index is 1.67. The molecule has 0 aliphatic rings. The summed E-state index contributed by atoms with van der Waals surface area (Å²) in [6.45, 7) is 0. The second kappa shape index (κ2) is 10.0. The third kappa shape index (κ3) is 4.14. The van der Waals surface area contributed by atoms with E-state index in [0.717, 1.165) is 50.1 Å². The van der Waals surface area contributed by atoms with Crippen LogP contribution >= 0.6 is 0 Å². The van der Waals surface area contributed by atoms with Gasteiger partial charge in [0.15, 0.2) is 0 Å². The maximum absolute atomic E-state index is 9.70. The number of nitrogens with zero attached hydrogens (tertiary/aromatic N) is 3. The molecule has 0 spiro atoms. The molecule has 0 saturated carbocycles. The van der Waals surface area contributed by atoms with Crippen molar-refractivity contribution >= 4 is 21.8 Å². The number of nitriles is 2. The second-order valence-electron chi connectivity index (χ2n) is 10.0. The first-order valence-electron chi connectivity index (χ1n) is 13.5. The Morgan fingerprint density at radius 1 is 0.415 bits per heavy atom. The van der Waals surface area contributed by atoms with Crippen molar-refractivity contribution in [3.63, 3.8) is 0 Å². The van der Waals surface area contributed by atoms with Crippen molar-refractivity contribution in [2.45, 2.75) is 0 Å². The smallest absolute Gasteiger partial charge is 0.0992 e. The van der Waals surface area contributed by atoms with Gasteiger partial charge < -0.3 is 4.57 Å². The fourth-order valence-corrected chi connectivity index (χ4v) is 5.80. The zero-order valence-corrected chi connectivity index (χ0v) is 22.1. The Morgan fingerprint density at radius 2 is 0.829 bits per heavy atom. The molecule has 0 amide bonds. The Bertz CT molecular complexity index is 2010. The van der Waals surface area contributed by atoms with Crippen LogP contribution in [0.25, 0.3) is 60.9 Å². The first-order valence-corrected chi connectivity index (χ1v) is 13.5. The van der Waals surface area contributed by atoms with E-state index in [1.165, 1.54) is 10.8 Å². The first-order chi connectivity index (χ1) is 20.2. The summed E-state index contributed by atoms with van der Waals surface area (Å²) >= 11 is 0. The lowest BCUT2D eigenvalue weighted by Crippen LogP contribution is -2.02. The number of benzene rings is 6. The molecule has 0 radical (unpaired) electrons. The van der Waals surface area contributed by atoms with Gasteiger partial charge in [-0.25, -0.2) is 0 Å². The molecule has 7 aromatic rings. The summed E-state index contributed by atoms with van der Waals surface area (Å²) < 4.78 is 2.38.